The highest BCUT2D eigenvalue weighted by Crippen LogP contribution is 2.24. The van der Waals surface area contributed by atoms with Gasteiger partial charge in [-0.1, -0.05) is 0 Å². The van der Waals surface area contributed by atoms with Gasteiger partial charge in [0.2, 0.25) is 0 Å². The van der Waals surface area contributed by atoms with Crippen molar-refractivity contribution in [2.24, 2.45) is 0 Å². The number of nitrogens with one attached hydrogen (secondary N) is 1. The zero-order valence-corrected chi connectivity index (χ0v) is 13.7. The Hall–Kier alpha value is -0.490. The van der Waals surface area contributed by atoms with Crippen LogP contribution >= 0.6 is 11.8 Å². The van der Waals surface area contributed by atoms with Crippen molar-refractivity contribution in [3.8, 4) is 0 Å². The Bertz CT molecular complexity index is 426. The first-order chi connectivity index (χ1) is 10.3. The minimum Gasteiger partial charge on any atom is -0.465 e. The Morgan fingerprint density at radius 2 is 2.05 bits per heavy atom. The average Bonchev–Trinajstić information content (AvgIpc) is 2.96. The maximum Gasteiger partial charge on any atom is 0.122 e. The molecule has 2 aliphatic heterocycles. The van der Waals surface area contributed by atoms with Gasteiger partial charge in [0.1, 0.15) is 11.5 Å². The molecule has 0 radical (unpaired) electrons. The lowest BCUT2D eigenvalue weighted by atomic mass is 10.1. The average molecular weight is 310 g/mol. The molecular weight excluding hydrogens is 284 g/mol. The fourth-order valence-corrected chi connectivity index (χ4v) is 4.22. The minimum absolute atomic E-state index is 0.331. The molecule has 0 saturated carbocycles. The van der Waals surface area contributed by atoms with Crippen LogP contribution < -0.4 is 5.32 Å². The first-order valence-corrected chi connectivity index (χ1v) is 9.17. The quantitative estimate of drug-likeness (QED) is 0.904. The van der Waals surface area contributed by atoms with Crippen molar-refractivity contribution < 1.29 is 9.15 Å². The van der Waals surface area contributed by atoms with Crippen LogP contribution in [0.4, 0.5) is 0 Å². The first kappa shape index (κ1) is 15.4. The van der Waals surface area contributed by atoms with Crippen LogP contribution in [0.1, 0.15) is 30.4 Å². The van der Waals surface area contributed by atoms with E-state index in [-0.39, 0.29) is 0 Å². The molecule has 0 aromatic carbocycles. The van der Waals surface area contributed by atoms with Crippen molar-refractivity contribution in [1.29, 1.82) is 0 Å². The molecule has 118 valence electrons. The molecule has 0 amide bonds. The lowest BCUT2D eigenvalue weighted by Crippen LogP contribution is -2.45. The highest BCUT2D eigenvalue weighted by atomic mass is 32.2. The number of hydrogen-bond acceptors (Lipinski definition) is 5. The highest BCUT2D eigenvalue weighted by Gasteiger charge is 2.26. The van der Waals surface area contributed by atoms with E-state index in [0.29, 0.717) is 12.1 Å². The van der Waals surface area contributed by atoms with E-state index in [9.17, 15) is 0 Å². The summed E-state index contributed by atoms with van der Waals surface area (Å²) >= 11 is 2.08. The molecule has 3 rings (SSSR count). The van der Waals surface area contributed by atoms with E-state index in [2.05, 4.69) is 34.1 Å². The van der Waals surface area contributed by atoms with E-state index < -0.39 is 0 Å². The molecule has 2 aliphatic rings. The number of ether oxygens (including phenoxy) is 1. The molecule has 1 N–H and O–H groups in total. The van der Waals surface area contributed by atoms with Crippen molar-refractivity contribution in [2.75, 3.05) is 44.4 Å². The molecule has 0 bridgehead atoms. The standard InChI is InChI=1S/C16H26N2O2S/c1-13-2-3-16(20-13)15(18-6-8-19-9-7-18)12-17-14-4-10-21-11-5-14/h2-3,14-15,17H,4-12H2,1H3. The fraction of sp³-hybridized carbons (Fsp3) is 0.750. The molecule has 1 unspecified atom stereocenters. The summed E-state index contributed by atoms with van der Waals surface area (Å²) in [5.74, 6) is 4.67. The third-order valence-corrected chi connectivity index (χ3v) is 5.45. The van der Waals surface area contributed by atoms with Gasteiger partial charge in [-0.15, -0.1) is 0 Å². The molecule has 1 atom stereocenters. The number of furan rings is 1. The van der Waals surface area contributed by atoms with Gasteiger partial charge in [0, 0.05) is 25.7 Å². The fourth-order valence-electron chi connectivity index (χ4n) is 3.11. The largest absolute Gasteiger partial charge is 0.465 e. The Labute approximate surface area is 131 Å². The van der Waals surface area contributed by atoms with E-state index in [1.807, 2.05) is 6.92 Å². The minimum atomic E-state index is 0.331. The second-order valence-electron chi connectivity index (χ2n) is 5.91. The summed E-state index contributed by atoms with van der Waals surface area (Å²) in [7, 11) is 0. The smallest absolute Gasteiger partial charge is 0.122 e. The van der Waals surface area contributed by atoms with Gasteiger partial charge >= 0.3 is 0 Å². The van der Waals surface area contributed by atoms with Crippen LogP contribution in [0.25, 0.3) is 0 Å². The van der Waals surface area contributed by atoms with E-state index in [4.69, 9.17) is 9.15 Å². The number of nitrogens with zero attached hydrogens (tertiary/aromatic N) is 1. The number of rotatable bonds is 5. The van der Waals surface area contributed by atoms with E-state index in [1.54, 1.807) is 0 Å². The molecule has 0 spiro atoms. The van der Waals surface area contributed by atoms with Gasteiger partial charge in [-0.25, -0.2) is 0 Å². The van der Waals surface area contributed by atoms with Crippen LogP contribution in [0, 0.1) is 6.92 Å². The lowest BCUT2D eigenvalue weighted by Gasteiger charge is -2.35. The van der Waals surface area contributed by atoms with Crippen molar-refractivity contribution in [3.05, 3.63) is 23.7 Å². The Morgan fingerprint density at radius 3 is 2.71 bits per heavy atom. The van der Waals surface area contributed by atoms with Gasteiger partial charge < -0.3 is 14.5 Å². The summed E-state index contributed by atoms with van der Waals surface area (Å²) in [6.07, 6.45) is 2.58. The molecule has 3 heterocycles. The maximum atomic E-state index is 5.91. The second kappa shape index (κ2) is 7.68. The molecule has 2 saturated heterocycles. The third-order valence-electron chi connectivity index (χ3n) is 4.40. The van der Waals surface area contributed by atoms with Gasteiger partial charge in [0.15, 0.2) is 0 Å². The predicted molar refractivity (Wildman–Crippen MR) is 86.9 cm³/mol. The van der Waals surface area contributed by atoms with Crippen LogP contribution in [0.3, 0.4) is 0 Å². The second-order valence-corrected chi connectivity index (χ2v) is 7.13. The highest BCUT2D eigenvalue weighted by molar-refractivity contribution is 7.99. The van der Waals surface area contributed by atoms with Gasteiger partial charge in [-0.2, -0.15) is 11.8 Å². The van der Waals surface area contributed by atoms with Crippen molar-refractivity contribution in [3.63, 3.8) is 0 Å². The van der Waals surface area contributed by atoms with Crippen molar-refractivity contribution in [2.45, 2.75) is 31.8 Å². The zero-order chi connectivity index (χ0) is 14.5. The number of thioether (sulfide) groups is 1. The third kappa shape index (κ3) is 4.25. The van der Waals surface area contributed by atoms with Crippen LogP contribution in [-0.4, -0.2) is 55.3 Å². The first-order valence-electron chi connectivity index (χ1n) is 8.02. The molecule has 5 heteroatoms. The molecule has 1 aromatic rings. The van der Waals surface area contributed by atoms with E-state index >= 15 is 0 Å². The van der Waals surface area contributed by atoms with Gasteiger partial charge in [0.25, 0.3) is 0 Å². The molecule has 4 nitrogen and oxygen atoms in total. The summed E-state index contributed by atoms with van der Waals surface area (Å²) in [4.78, 5) is 2.49. The topological polar surface area (TPSA) is 37.6 Å². The van der Waals surface area contributed by atoms with E-state index in [1.165, 1.54) is 24.3 Å². The Kier molecular flexibility index (Phi) is 5.63. The van der Waals surface area contributed by atoms with Crippen LogP contribution in [0.2, 0.25) is 0 Å². The summed E-state index contributed by atoms with van der Waals surface area (Å²) < 4.78 is 11.4. The lowest BCUT2D eigenvalue weighted by molar-refractivity contribution is 0.0109. The van der Waals surface area contributed by atoms with Crippen LogP contribution in [0.5, 0.6) is 0 Å². The summed E-state index contributed by atoms with van der Waals surface area (Å²) in [6.45, 7) is 6.64. The summed E-state index contributed by atoms with van der Waals surface area (Å²) in [5, 5.41) is 3.77. The monoisotopic (exact) mass is 310 g/mol. The molecular formula is C16H26N2O2S. The summed E-state index contributed by atoms with van der Waals surface area (Å²) in [6, 6.07) is 5.21. The number of morpholine rings is 1. The van der Waals surface area contributed by atoms with Gasteiger partial charge in [0.05, 0.1) is 19.3 Å². The Morgan fingerprint density at radius 1 is 1.29 bits per heavy atom. The van der Waals surface area contributed by atoms with Crippen molar-refractivity contribution in [1.82, 2.24) is 10.2 Å². The molecule has 1 aromatic heterocycles. The molecule has 0 aliphatic carbocycles. The molecule has 2 fully saturated rings. The number of hydrogen-bond donors (Lipinski definition) is 1. The van der Waals surface area contributed by atoms with Crippen LogP contribution in [-0.2, 0) is 4.74 Å². The Balaban J connectivity index is 1.63. The number of aryl methyl sites for hydroxylation is 1. The van der Waals surface area contributed by atoms with Gasteiger partial charge in [-0.3, -0.25) is 4.90 Å². The zero-order valence-electron chi connectivity index (χ0n) is 12.8. The molecule has 21 heavy (non-hydrogen) atoms. The van der Waals surface area contributed by atoms with Crippen LogP contribution in [0.15, 0.2) is 16.5 Å². The van der Waals surface area contributed by atoms with E-state index in [0.717, 1.165) is 44.4 Å². The summed E-state index contributed by atoms with van der Waals surface area (Å²) in [5.41, 5.74) is 0. The van der Waals surface area contributed by atoms with Crippen molar-refractivity contribution >= 4 is 11.8 Å². The normalized spacial score (nSPS) is 23.3. The maximum absolute atomic E-state index is 5.91. The predicted octanol–water partition coefficient (Wildman–Crippen LogP) is 2.45. The van der Waals surface area contributed by atoms with Gasteiger partial charge in [-0.05, 0) is 43.4 Å². The SMILES string of the molecule is Cc1ccc(C(CNC2CCSCC2)N2CCOCC2)o1.